The van der Waals surface area contributed by atoms with Gasteiger partial charge in [-0.2, -0.15) is 4.40 Å². The van der Waals surface area contributed by atoms with Gasteiger partial charge in [-0.15, -0.1) is 10.2 Å². The van der Waals surface area contributed by atoms with E-state index in [1.165, 1.54) is 197 Å². The Morgan fingerprint density at radius 3 is 1.22 bits per heavy atom. The van der Waals surface area contributed by atoms with Crippen molar-refractivity contribution < 1.29 is 58.6 Å². The fraction of sp³-hybridized carbons (Fsp3) is 0.220. The van der Waals surface area contributed by atoms with E-state index in [-0.39, 0.29) is 69.4 Å². The van der Waals surface area contributed by atoms with Crippen molar-refractivity contribution in [3.63, 3.8) is 0 Å². The summed E-state index contributed by atoms with van der Waals surface area (Å²) in [5.41, 5.74) is 25.2. The first kappa shape index (κ1) is 103. The second kappa shape index (κ2) is 44.3. The summed E-state index contributed by atoms with van der Waals surface area (Å²) in [5.74, 6) is -3.54. The van der Waals surface area contributed by atoms with E-state index in [2.05, 4.69) is 104 Å². The molecule has 0 aliphatic heterocycles. The molecule has 0 bridgehead atoms. The molecule has 35 nitrogen and oxygen atoms in total. The van der Waals surface area contributed by atoms with Crippen LogP contribution in [0.3, 0.4) is 0 Å². The minimum Gasteiger partial charge on any atom is -0.476 e. The largest absolute Gasteiger partial charge is 0.476 e. The molecule has 0 radical (unpaired) electrons. The highest BCUT2D eigenvalue weighted by atomic mass is 35.5. The van der Waals surface area contributed by atoms with Crippen LogP contribution in [0.25, 0.3) is 49.9 Å². The lowest BCUT2D eigenvalue weighted by atomic mass is 10.2. The molecule has 736 valence electrons. The second-order valence-electron chi connectivity index (χ2n) is 33.7. The third kappa shape index (κ3) is 25.1. The topological polar surface area (TPSA) is 411 Å². The van der Waals surface area contributed by atoms with Gasteiger partial charge in [-0.05, 0) is 145 Å². The number of rotatable bonds is 18. The molecular formula is C91H81Cl7F7N29O6S2. The van der Waals surface area contributed by atoms with Gasteiger partial charge in [-0.25, -0.2) is 103 Å². The van der Waals surface area contributed by atoms with Gasteiger partial charge in [0.2, 0.25) is 0 Å². The standard InChI is InChI=1S/C22H18ClFN8O.C14H13N5O2.C12H15ClFN3OS.C12H13ClFN3OS.2C8H7ClFN3.C8H4ClFN2O.C7H4ClFN2/c23-16-5-20-18(26-12-31(20)10-17(16)24)6-25-22(33)19-11-32(29-28-19)9-15-8-30-7-14(13-1-2-13)3-4-21(30)27-15;20-14(21)12-8-19(17-16-12)7-11-6-18-5-10(9-1-2-9)3-4-13(18)15-11;2*1-12(2,3)19(18)16-5-10-11-4-8(13)9(14)6-17(11)7-15-10;2*9-5-1-8-7(2-11)12-4-13(8)3-6(5)10;9-5-1-8-7(3-13)11-4-12(8)2-6(5)10;8-6-1-5-2-10-4-11(5)3-7(6)9/h3-5,7-8,10-13H,1-2,6,9H2,(H,25,33);3-6,8-9H,1-2,7H2,(H,20,21);4,6-7,16H,5H2,1-3H3;4-7H,1-3H3;2*1,3-4H,2,11H2;1-4H;1-4H. The highest BCUT2D eigenvalue weighted by Gasteiger charge is 2.27. The number of nitrogens with two attached hydrogens (primary N) is 2. The number of carboxylic acid groups (broad SMARTS) is 1. The second-order valence-corrected chi connectivity index (χ2v) is 40.5. The molecule has 7 N–H and O–H groups in total. The van der Waals surface area contributed by atoms with Crippen LogP contribution in [0.1, 0.15) is 162 Å². The maximum atomic E-state index is 13.6. The number of halogens is 14. The summed E-state index contributed by atoms with van der Waals surface area (Å²) in [6.07, 6.45) is 38.9. The summed E-state index contributed by atoms with van der Waals surface area (Å²) in [7, 11) is -2.54. The van der Waals surface area contributed by atoms with Crippen molar-refractivity contribution in [2.24, 2.45) is 15.9 Å². The van der Waals surface area contributed by atoms with Crippen LogP contribution in [0, 0.1) is 40.7 Å². The summed E-state index contributed by atoms with van der Waals surface area (Å²) in [6, 6.07) is 18.7. The zero-order valence-electron chi connectivity index (χ0n) is 75.3. The van der Waals surface area contributed by atoms with Crippen molar-refractivity contribution in [2.45, 2.75) is 128 Å². The Labute approximate surface area is 840 Å². The maximum Gasteiger partial charge on any atom is 0.358 e. The zero-order chi connectivity index (χ0) is 101. The van der Waals surface area contributed by atoms with E-state index in [0.29, 0.717) is 101 Å². The number of hydrogen-bond acceptors (Lipinski definition) is 20. The molecule has 0 spiro atoms. The Morgan fingerprint density at radius 1 is 0.451 bits per heavy atom. The van der Waals surface area contributed by atoms with E-state index >= 15 is 0 Å². The fourth-order valence-electron chi connectivity index (χ4n) is 13.6. The number of carbonyl (C=O) groups excluding carboxylic acids is 2. The number of aromatic nitrogens is 24. The Hall–Kier alpha value is -13.5. The molecule has 1 amide bonds. The molecule has 2 unspecified atom stereocenters. The summed E-state index contributed by atoms with van der Waals surface area (Å²) < 4.78 is 139. The molecule has 20 aromatic rings. The van der Waals surface area contributed by atoms with Crippen LogP contribution >= 0.6 is 81.2 Å². The van der Waals surface area contributed by atoms with E-state index in [4.69, 9.17) is 97.8 Å². The number of pyridine rings is 9. The first-order valence-electron chi connectivity index (χ1n) is 42.6. The highest BCUT2D eigenvalue weighted by molar-refractivity contribution is 7.85. The zero-order valence-corrected chi connectivity index (χ0v) is 82.2. The first-order chi connectivity index (χ1) is 67.7. The minimum absolute atomic E-state index is 0.00534. The summed E-state index contributed by atoms with van der Waals surface area (Å²) in [4.78, 5) is 71.0. The predicted octanol–water partition coefficient (Wildman–Crippen LogP) is 17.7. The highest BCUT2D eigenvalue weighted by Crippen LogP contribution is 2.41. The van der Waals surface area contributed by atoms with Gasteiger partial charge in [0.15, 0.2) is 58.4 Å². The Kier molecular flexibility index (Phi) is 32.1. The van der Waals surface area contributed by atoms with Crippen LogP contribution < -0.4 is 21.5 Å². The van der Waals surface area contributed by atoms with Crippen LogP contribution in [-0.4, -0.2) is 162 Å². The first-order valence-corrected chi connectivity index (χ1v) is 47.5. The van der Waals surface area contributed by atoms with Gasteiger partial charge < -0.3 is 61.5 Å². The summed E-state index contributed by atoms with van der Waals surface area (Å²) in [5, 5.41) is 27.3. The molecule has 2 atom stereocenters. The number of fused-ring (bicyclic) bond motifs is 9. The third-order valence-corrected chi connectivity index (χ3v) is 26.1. The van der Waals surface area contributed by atoms with E-state index in [1.54, 1.807) is 34.7 Å². The quantitative estimate of drug-likeness (QED) is 0.0302. The van der Waals surface area contributed by atoms with E-state index < -0.39 is 73.4 Å². The Bertz CT molecular complexity index is 8050. The number of carbonyl (C=O) groups is 3. The number of hydrogen-bond donors (Lipinski definition) is 5. The smallest absolute Gasteiger partial charge is 0.358 e. The van der Waals surface area contributed by atoms with Gasteiger partial charge >= 0.3 is 5.97 Å². The number of nitrogens with one attached hydrogen (secondary N) is 2. The molecule has 2 aliphatic carbocycles. The number of imidazole rings is 9. The Morgan fingerprint density at radius 2 is 0.817 bits per heavy atom. The monoisotopic (exact) mass is 2120 g/mol. The predicted molar refractivity (Wildman–Crippen MR) is 523 cm³/mol. The number of carboxylic acids is 1. The SMILES string of the molecule is CC(C)(C)S(=O)N=Cc1ncn2cc(F)c(Cl)cc12.CC(C)(C)S(=O)NCc1ncn2cc(F)c(Cl)cc12.Fc1cn2cncc2cc1Cl.NCc1ncn2cc(F)c(Cl)cc12.NCc1ncn2cc(F)c(Cl)cc12.O=C(NCc1ncn2cc(F)c(Cl)cc12)c1cn(Cc2cn3cc(C4CC4)ccc3n2)nn1.O=C(O)c1cn(Cc2cn3cc(C4CC4)ccc3n2)nn1.O=Cc1ncn2cc(F)c(Cl)cc12. The fourth-order valence-corrected chi connectivity index (χ4v) is 15.9. The van der Waals surface area contributed by atoms with Crippen molar-refractivity contribution in [1.29, 1.82) is 0 Å². The van der Waals surface area contributed by atoms with Crippen LogP contribution in [0.15, 0.2) is 202 Å². The number of nitrogens with zero attached hydrogens (tertiary/aromatic N) is 25. The van der Waals surface area contributed by atoms with Gasteiger partial charge in [-0.3, -0.25) is 9.59 Å². The van der Waals surface area contributed by atoms with Crippen molar-refractivity contribution in [2.75, 3.05) is 0 Å². The van der Waals surface area contributed by atoms with Crippen molar-refractivity contribution in [3.05, 3.63) is 342 Å². The van der Waals surface area contributed by atoms with E-state index in [9.17, 15) is 53.5 Å². The van der Waals surface area contributed by atoms with Crippen molar-refractivity contribution >= 4 is 177 Å². The lowest BCUT2D eigenvalue weighted by Crippen LogP contribution is -2.33. The van der Waals surface area contributed by atoms with Crippen LogP contribution in [0.2, 0.25) is 35.2 Å². The van der Waals surface area contributed by atoms with Gasteiger partial charge in [0.05, 0.1) is 211 Å². The average molecular weight is 2120 g/mol. The lowest BCUT2D eigenvalue weighted by Gasteiger charge is -2.17. The lowest BCUT2D eigenvalue weighted by molar-refractivity contribution is 0.0689. The number of amides is 1. The molecule has 20 aromatic heterocycles. The number of aldehydes is 1. The Balaban J connectivity index is 0.000000126. The van der Waals surface area contributed by atoms with Crippen LogP contribution in [-0.2, 0) is 61.2 Å². The molecule has 2 fully saturated rings. The summed E-state index contributed by atoms with van der Waals surface area (Å²) >= 11 is 39.7. The molecule has 22 rings (SSSR count). The average Bonchev–Trinajstić information content (AvgIpc) is 1.68. The maximum absolute atomic E-state index is 13.6. The normalized spacial score (nSPS) is 13.0. The van der Waals surface area contributed by atoms with E-state index in [1.807, 2.05) is 74.9 Å². The number of aromatic carboxylic acids is 1. The molecule has 142 heavy (non-hydrogen) atoms. The van der Waals surface area contributed by atoms with Gasteiger partial charge in [0.1, 0.15) is 46.3 Å². The third-order valence-electron chi connectivity index (χ3n) is 21.2. The molecule has 20 heterocycles. The van der Waals surface area contributed by atoms with Crippen LogP contribution in [0.5, 0.6) is 0 Å². The summed E-state index contributed by atoms with van der Waals surface area (Å²) in [6.45, 7) is 13.1. The molecule has 0 aromatic carbocycles. The van der Waals surface area contributed by atoms with Gasteiger partial charge in [0, 0.05) is 81.3 Å². The van der Waals surface area contributed by atoms with Crippen molar-refractivity contribution in [1.82, 2.24) is 124 Å². The molecule has 2 aliphatic rings. The molecule has 2 saturated carbocycles. The molecule has 51 heteroatoms. The molecular weight excluding hydrogens is 2040 g/mol. The van der Waals surface area contributed by atoms with Crippen molar-refractivity contribution in [3.8, 4) is 0 Å². The van der Waals surface area contributed by atoms with Gasteiger partial charge in [0.25, 0.3) is 5.91 Å². The van der Waals surface area contributed by atoms with Gasteiger partial charge in [-0.1, -0.05) is 104 Å². The molecule has 0 saturated heterocycles. The van der Waals surface area contributed by atoms with Crippen LogP contribution in [0.4, 0.5) is 30.7 Å². The minimum atomic E-state index is -1.36. The van der Waals surface area contributed by atoms with E-state index in [0.717, 1.165) is 39.2 Å².